The molecule has 0 unspecified atom stereocenters. The molecule has 0 atom stereocenters. The topological polar surface area (TPSA) is 57.8 Å². The van der Waals surface area contributed by atoms with Crippen molar-refractivity contribution in [3.05, 3.63) is 47.1 Å². The van der Waals surface area contributed by atoms with Gasteiger partial charge >= 0.3 is 6.18 Å². The van der Waals surface area contributed by atoms with Gasteiger partial charge in [-0.2, -0.15) is 13.2 Å². The molecule has 138 valence electrons. The molecule has 0 fully saturated rings. The molecule has 0 bridgehead atoms. The van der Waals surface area contributed by atoms with Crippen LogP contribution in [0.25, 0.3) is 16.2 Å². The zero-order valence-electron chi connectivity index (χ0n) is 13.8. The van der Waals surface area contributed by atoms with Gasteiger partial charge < -0.3 is 10.0 Å². The lowest BCUT2D eigenvalue weighted by Crippen LogP contribution is -2.33. The average Bonchev–Trinajstić information content (AvgIpc) is 3.19. The van der Waals surface area contributed by atoms with Gasteiger partial charge in [-0.1, -0.05) is 12.1 Å². The van der Waals surface area contributed by atoms with Crippen LogP contribution in [0.5, 0.6) is 0 Å². The van der Waals surface area contributed by atoms with Crippen molar-refractivity contribution in [1.82, 2.24) is 14.3 Å². The lowest BCUT2D eigenvalue weighted by atomic mass is 10.1. The number of hydrogen-bond donors (Lipinski definition) is 1. The molecule has 2 heterocycles. The van der Waals surface area contributed by atoms with Crippen LogP contribution in [0.4, 0.5) is 13.2 Å². The van der Waals surface area contributed by atoms with Gasteiger partial charge in [0.15, 0.2) is 4.96 Å². The van der Waals surface area contributed by atoms with Crippen LogP contribution in [0.3, 0.4) is 0 Å². The predicted molar refractivity (Wildman–Crippen MR) is 92.2 cm³/mol. The van der Waals surface area contributed by atoms with Gasteiger partial charge in [-0.25, -0.2) is 4.98 Å². The minimum atomic E-state index is -4.39. The standard InChI is InChI=1S/C17H16F3N3O2S/c1-2-22(7-8-24)15(25)14-10-26-16-21-13(9-23(14)16)11-3-5-12(6-4-11)17(18,19)20/h3-6,9-10,24H,2,7-8H2,1H3. The van der Waals surface area contributed by atoms with Crippen molar-refractivity contribution in [3.8, 4) is 11.3 Å². The number of halogens is 3. The van der Waals surface area contributed by atoms with Crippen molar-refractivity contribution < 1.29 is 23.1 Å². The number of aromatic nitrogens is 2. The number of carbonyl (C=O) groups excluding carboxylic acids is 1. The fraction of sp³-hybridized carbons (Fsp3) is 0.294. The summed E-state index contributed by atoms with van der Waals surface area (Å²) in [5.41, 5.74) is 0.714. The summed E-state index contributed by atoms with van der Waals surface area (Å²) in [6.07, 6.45) is -2.75. The SMILES string of the molecule is CCN(CCO)C(=O)c1csc2nc(-c3ccc(C(F)(F)F)cc3)cn12. The lowest BCUT2D eigenvalue weighted by molar-refractivity contribution is -0.137. The molecule has 0 aliphatic heterocycles. The van der Waals surface area contributed by atoms with Crippen molar-refractivity contribution in [2.75, 3.05) is 19.7 Å². The molecule has 9 heteroatoms. The van der Waals surface area contributed by atoms with Gasteiger partial charge in [0, 0.05) is 30.2 Å². The lowest BCUT2D eigenvalue weighted by Gasteiger charge is -2.18. The smallest absolute Gasteiger partial charge is 0.395 e. The Morgan fingerprint density at radius 2 is 2.00 bits per heavy atom. The Labute approximate surface area is 151 Å². The maximum Gasteiger partial charge on any atom is 0.416 e. The third-order valence-corrected chi connectivity index (χ3v) is 4.81. The molecule has 1 aromatic carbocycles. The molecule has 1 N–H and O–H groups in total. The molecule has 0 saturated heterocycles. The van der Waals surface area contributed by atoms with E-state index in [-0.39, 0.29) is 19.1 Å². The van der Waals surface area contributed by atoms with Crippen molar-refractivity contribution >= 4 is 22.2 Å². The van der Waals surface area contributed by atoms with Crippen LogP contribution in [-0.4, -0.2) is 45.0 Å². The number of benzene rings is 1. The van der Waals surface area contributed by atoms with E-state index in [2.05, 4.69) is 4.98 Å². The van der Waals surface area contributed by atoms with Crippen LogP contribution in [0.2, 0.25) is 0 Å². The summed E-state index contributed by atoms with van der Waals surface area (Å²) >= 11 is 1.27. The van der Waals surface area contributed by atoms with E-state index >= 15 is 0 Å². The number of nitrogens with zero attached hydrogens (tertiary/aromatic N) is 3. The molecule has 0 saturated carbocycles. The van der Waals surface area contributed by atoms with Gasteiger partial charge in [-0.05, 0) is 19.1 Å². The molecule has 26 heavy (non-hydrogen) atoms. The van der Waals surface area contributed by atoms with Gasteiger partial charge in [-0.3, -0.25) is 9.20 Å². The fourth-order valence-electron chi connectivity index (χ4n) is 2.59. The maximum absolute atomic E-state index is 12.7. The normalized spacial score (nSPS) is 11.9. The number of hydrogen-bond acceptors (Lipinski definition) is 4. The summed E-state index contributed by atoms with van der Waals surface area (Å²) < 4.78 is 39.7. The molecule has 3 aromatic rings. The first-order valence-electron chi connectivity index (χ1n) is 7.89. The van der Waals surface area contributed by atoms with E-state index < -0.39 is 11.7 Å². The molecule has 2 aromatic heterocycles. The van der Waals surface area contributed by atoms with Crippen molar-refractivity contribution in [2.45, 2.75) is 13.1 Å². The third kappa shape index (κ3) is 3.45. The Hall–Kier alpha value is -2.39. The Morgan fingerprint density at radius 1 is 1.31 bits per heavy atom. The zero-order valence-corrected chi connectivity index (χ0v) is 14.6. The highest BCUT2D eigenvalue weighted by Gasteiger charge is 2.30. The number of fused-ring (bicyclic) bond motifs is 1. The number of carbonyl (C=O) groups is 1. The summed E-state index contributed by atoms with van der Waals surface area (Å²) in [6.45, 7) is 2.37. The van der Waals surface area contributed by atoms with Crippen LogP contribution in [0.1, 0.15) is 23.0 Å². The molecule has 0 aliphatic rings. The van der Waals surface area contributed by atoms with Crippen molar-refractivity contribution in [1.29, 1.82) is 0 Å². The number of alkyl halides is 3. The summed E-state index contributed by atoms with van der Waals surface area (Å²) in [7, 11) is 0. The molecule has 5 nitrogen and oxygen atoms in total. The van der Waals surface area contributed by atoms with Gasteiger partial charge in [-0.15, -0.1) is 11.3 Å². The second-order valence-electron chi connectivity index (χ2n) is 5.58. The van der Waals surface area contributed by atoms with Crippen LogP contribution >= 0.6 is 11.3 Å². The number of aliphatic hydroxyl groups is 1. The zero-order chi connectivity index (χ0) is 18.9. The van der Waals surface area contributed by atoms with E-state index in [0.29, 0.717) is 28.5 Å². The average molecular weight is 383 g/mol. The Balaban J connectivity index is 1.93. The minimum Gasteiger partial charge on any atom is -0.395 e. The fourth-order valence-corrected chi connectivity index (χ4v) is 3.44. The summed E-state index contributed by atoms with van der Waals surface area (Å²) in [5, 5.41) is 10.8. The maximum atomic E-state index is 12.7. The molecular formula is C17H16F3N3O2S. The monoisotopic (exact) mass is 383 g/mol. The summed E-state index contributed by atoms with van der Waals surface area (Å²) in [6, 6.07) is 4.74. The number of rotatable bonds is 5. The van der Waals surface area contributed by atoms with E-state index in [9.17, 15) is 18.0 Å². The van der Waals surface area contributed by atoms with Crippen LogP contribution in [0, 0.1) is 0 Å². The van der Waals surface area contributed by atoms with E-state index in [1.54, 1.807) is 16.0 Å². The van der Waals surface area contributed by atoms with Gasteiger partial charge in [0.05, 0.1) is 17.9 Å². The molecule has 1 amide bonds. The first kappa shape index (κ1) is 18.4. The second kappa shape index (κ2) is 7.08. The number of aliphatic hydroxyl groups excluding tert-OH is 1. The molecule has 0 aliphatic carbocycles. The molecule has 0 spiro atoms. The quantitative estimate of drug-likeness (QED) is 0.733. The minimum absolute atomic E-state index is 0.131. The predicted octanol–water partition coefficient (Wildman–Crippen LogP) is 3.54. The number of amides is 1. The largest absolute Gasteiger partial charge is 0.416 e. The molecular weight excluding hydrogens is 367 g/mol. The first-order valence-corrected chi connectivity index (χ1v) is 8.77. The Morgan fingerprint density at radius 3 is 2.58 bits per heavy atom. The van der Waals surface area contributed by atoms with Gasteiger partial charge in [0.1, 0.15) is 5.69 Å². The van der Waals surface area contributed by atoms with Crippen LogP contribution in [-0.2, 0) is 6.18 Å². The van der Waals surface area contributed by atoms with E-state index in [1.165, 1.54) is 28.4 Å². The van der Waals surface area contributed by atoms with Gasteiger partial charge in [0.25, 0.3) is 5.91 Å². The number of thiazole rings is 1. The van der Waals surface area contributed by atoms with E-state index in [1.807, 2.05) is 6.92 Å². The highest BCUT2D eigenvalue weighted by atomic mass is 32.1. The summed E-state index contributed by atoms with van der Waals surface area (Å²) in [4.78, 5) is 19.1. The van der Waals surface area contributed by atoms with Crippen molar-refractivity contribution in [3.63, 3.8) is 0 Å². The van der Waals surface area contributed by atoms with Gasteiger partial charge in [0.2, 0.25) is 0 Å². The van der Waals surface area contributed by atoms with Crippen molar-refractivity contribution in [2.24, 2.45) is 0 Å². The van der Waals surface area contributed by atoms with E-state index in [0.717, 1.165) is 12.1 Å². The van der Waals surface area contributed by atoms with E-state index in [4.69, 9.17) is 5.11 Å². The summed E-state index contributed by atoms with van der Waals surface area (Å²) in [5.74, 6) is -0.232. The van der Waals surface area contributed by atoms with Crippen LogP contribution in [0.15, 0.2) is 35.8 Å². The number of imidazole rings is 1. The Kier molecular flexibility index (Phi) is 5.01. The van der Waals surface area contributed by atoms with Crippen LogP contribution < -0.4 is 0 Å². The third-order valence-electron chi connectivity index (χ3n) is 3.98. The molecule has 3 rings (SSSR count). The highest BCUT2D eigenvalue weighted by molar-refractivity contribution is 7.15. The Bertz CT molecular complexity index is 916. The first-order chi connectivity index (χ1) is 12.3. The highest BCUT2D eigenvalue weighted by Crippen LogP contribution is 2.31. The molecule has 0 radical (unpaired) electrons. The number of likely N-dealkylation sites (N-methyl/N-ethyl adjacent to an activating group) is 1. The second-order valence-corrected chi connectivity index (χ2v) is 6.42.